The predicted octanol–water partition coefficient (Wildman–Crippen LogP) is 1.46. The lowest BCUT2D eigenvalue weighted by Crippen LogP contribution is -2.62. The Balaban J connectivity index is 1.64. The average molecular weight is 297 g/mol. The smallest absolute Gasteiger partial charge is 0.185 e. The molecule has 0 unspecified atom stereocenters. The van der Waals surface area contributed by atoms with Gasteiger partial charge in [0.1, 0.15) is 0 Å². The fraction of sp³-hybridized carbons (Fsp3) is 0.786. The van der Waals surface area contributed by atoms with E-state index in [0.717, 1.165) is 64.0 Å². The van der Waals surface area contributed by atoms with E-state index in [1.807, 2.05) is 11.6 Å². The second-order valence-corrected chi connectivity index (χ2v) is 6.43. The van der Waals surface area contributed by atoms with Crippen LogP contribution in [-0.4, -0.2) is 68.5 Å². The number of rotatable bonds is 4. The summed E-state index contributed by atoms with van der Waals surface area (Å²) >= 11 is 1.73. The van der Waals surface area contributed by atoms with Gasteiger partial charge in [-0.15, -0.1) is 11.3 Å². The van der Waals surface area contributed by atoms with Crippen molar-refractivity contribution in [1.29, 1.82) is 0 Å². The van der Waals surface area contributed by atoms with Gasteiger partial charge in [0.05, 0.1) is 19.8 Å². The van der Waals surface area contributed by atoms with Crippen LogP contribution in [0.3, 0.4) is 0 Å². The van der Waals surface area contributed by atoms with E-state index in [2.05, 4.69) is 14.8 Å². The molecule has 1 aromatic rings. The summed E-state index contributed by atoms with van der Waals surface area (Å²) in [6.07, 6.45) is 4.19. The SMILES string of the molecule is COCCN1CCOCC12CCN(c1nccs1)CC2. The Morgan fingerprint density at radius 1 is 1.40 bits per heavy atom. The molecule has 6 heteroatoms. The van der Waals surface area contributed by atoms with Crippen molar-refractivity contribution < 1.29 is 9.47 Å². The molecule has 5 nitrogen and oxygen atoms in total. The number of piperidine rings is 1. The average Bonchev–Trinajstić information content (AvgIpc) is 3.02. The van der Waals surface area contributed by atoms with Crippen molar-refractivity contribution in [2.45, 2.75) is 18.4 Å². The van der Waals surface area contributed by atoms with E-state index >= 15 is 0 Å². The number of anilines is 1. The van der Waals surface area contributed by atoms with Gasteiger partial charge in [-0.1, -0.05) is 0 Å². The molecule has 0 saturated carbocycles. The first-order valence-electron chi connectivity index (χ1n) is 7.30. The molecule has 2 aliphatic rings. The monoisotopic (exact) mass is 297 g/mol. The molecule has 3 heterocycles. The molecule has 20 heavy (non-hydrogen) atoms. The first kappa shape index (κ1) is 14.3. The number of hydrogen-bond acceptors (Lipinski definition) is 6. The van der Waals surface area contributed by atoms with Gasteiger partial charge in [0.25, 0.3) is 0 Å². The number of morpholine rings is 1. The Morgan fingerprint density at radius 2 is 2.25 bits per heavy atom. The van der Waals surface area contributed by atoms with Gasteiger partial charge < -0.3 is 14.4 Å². The van der Waals surface area contributed by atoms with Gasteiger partial charge in [0, 0.05) is 50.4 Å². The lowest BCUT2D eigenvalue weighted by molar-refractivity contribution is -0.0857. The summed E-state index contributed by atoms with van der Waals surface area (Å²) in [7, 11) is 1.78. The van der Waals surface area contributed by atoms with Crippen LogP contribution in [0.1, 0.15) is 12.8 Å². The second-order valence-electron chi connectivity index (χ2n) is 5.56. The largest absolute Gasteiger partial charge is 0.383 e. The van der Waals surface area contributed by atoms with E-state index in [9.17, 15) is 0 Å². The highest BCUT2D eigenvalue weighted by molar-refractivity contribution is 7.13. The van der Waals surface area contributed by atoms with Gasteiger partial charge in [0.2, 0.25) is 0 Å². The van der Waals surface area contributed by atoms with Crippen LogP contribution in [0.4, 0.5) is 5.13 Å². The van der Waals surface area contributed by atoms with Crippen LogP contribution in [0.2, 0.25) is 0 Å². The normalized spacial score (nSPS) is 23.4. The Labute approximate surface area is 124 Å². The van der Waals surface area contributed by atoms with E-state index in [4.69, 9.17) is 9.47 Å². The molecule has 2 fully saturated rings. The van der Waals surface area contributed by atoms with Crippen LogP contribution in [0, 0.1) is 0 Å². The molecule has 0 radical (unpaired) electrons. The van der Waals surface area contributed by atoms with Gasteiger partial charge in [0.15, 0.2) is 5.13 Å². The van der Waals surface area contributed by atoms with Crippen LogP contribution < -0.4 is 4.90 Å². The third-order valence-corrected chi connectivity index (χ3v) is 5.33. The summed E-state index contributed by atoms with van der Waals surface area (Å²) in [5.41, 5.74) is 0.213. The van der Waals surface area contributed by atoms with Crippen molar-refractivity contribution in [2.24, 2.45) is 0 Å². The summed E-state index contributed by atoms with van der Waals surface area (Å²) in [5, 5.41) is 3.20. The highest BCUT2D eigenvalue weighted by Gasteiger charge is 2.42. The quantitative estimate of drug-likeness (QED) is 0.841. The molecule has 0 N–H and O–H groups in total. The maximum absolute atomic E-state index is 5.78. The molecule has 0 bridgehead atoms. The molecular weight excluding hydrogens is 274 g/mol. The fourth-order valence-corrected chi connectivity index (χ4v) is 3.96. The third-order valence-electron chi connectivity index (χ3n) is 4.50. The molecule has 1 spiro atoms. The zero-order valence-electron chi connectivity index (χ0n) is 12.1. The number of methoxy groups -OCH3 is 1. The molecule has 0 aromatic carbocycles. The lowest BCUT2D eigenvalue weighted by Gasteiger charge is -2.51. The molecule has 0 amide bonds. The zero-order chi connectivity index (χ0) is 13.8. The first-order chi connectivity index (χ1) is 9.84. The van der Waals surface area contributed by atoms with Gasteiger partial charge in [-0.05, 0) is 12.8 Å². The lowest BCUT2D eigenvalue weighted by atomic mass is 9.85. The number of aromatic nitrogens is 1. The van der Waals surface area contributed by atoms with Crippen LogP contribution >= 0.6 is 11.3 Å². The molecule has 3 rings (SSSR count). The van der Waals surface area contributed by atoms with Crippen LogP contribution in [0.15, 0.2) is 11.6 Å². The Morgan fingerprint density at radius 3 is 2.95 bits per heavy atom. The number of hydrogen-bond donors (Lipinski definition) is 0. The highest BCUT2D eigenvalue weighted by Crippen LogP contribution is 2.33. The van der Waals surface area contributed by atoms with Crippen molar-refractivity contribution in [2.75, 3.05) is 58.0 Å². The molecular formula is C14H23N3O2S. The molecule has 0 atom stereocenters. The van der Waals surface area contributed by atoms with Crippen molar-refractivity contribution in [3.05, 3.63) is 11.6 Å². The summed E-state index contributed by atoms with van der Waals surface area (Å²) in [4.78, 5) is 9.41. The highest BCUT2D eigenvalue weighted by atomic mass is 32.1. The Bertz CT molecular complexity index is 405. The van der Waals surface area contributed by atoms with Crippen LogP contribution in [-0.2, 0) is 9.47 Å². The minimum atomic E-state index is 0.213. The fourth-order valence-electron chi connectivity index (χ4n) is 3.26. The summed E-state index contributed by atoms with van der Waals surface area (Å²) < 4.78 is 11.0. The van der Waals surface area contributed by atoms with Gasteiger partial charge >= 0.3 is 0 Å². The van der Waals surface area contributed by atoms with Crippen LogP contribution in [0.25, 0.3) is 0 Å². The number of nitrogens with zero attached hydrogens (tertiary/aromatic N) is 3. The standard InChI is InChI=1S/C14H23N3O2S/c1-18-9-7-17-8-10-19-12-14(17)2-5-16(6-3-14)13-15-4-11-20-13/h4,11H,2-3,5-10,12H2,1H3. The van der Waals surface area contributed by atoms with E-state index in [1.54, 1.807) is 18.4 Å². The van der Waals surface area contributed by atoms with Crippen molar-refractivity contribution in [3.63, 3.8) is 0 Å². The van der Waals surface area contributed by atoms with E-state index in [-0.39, 0.29) is 5.54 Å². The summed E-state index contributed by atoms with van der Waals surface area (Å²) in [6, 6.07) is 0. The Hall–Kier alpha value is -0.690. The molecule has 0 aliphatic carbocycles. The van der Waals surface area contributed by atoms with E-state index in [1.165, 1.54) is 0 Å². The van der Waals surface area contributed by atoms with Crippen molar-refractivity contribution in [1.82, 2.24) is 9.88 Å². The van der Waals surface area contributed by atoms with Crippen molar-refractivity contribution >= 4 is 16.5 Å². The minimum Gasteiger partial charge on any atom is -0.383 e. The maximum Gasteiger partial charge on any atom is 0.185 e. The topological polar surface area (TPSA) is 37.8 Å². The second kappa shape index (κ2) is 6.39. The number of ether oxygens (including phenoxy) is 2. The summed E-state index contributed by atoms with van der Waals surface area (Å²) in [6.45, 7) is 6.69. The predicted molar refractivity (Wildman–Crippen MR) is 80.6 cm³/mol. The van der Waals surface area contributed by atoms with Crippen LogP contribution in [0.5, 0.6) is 0 Å². The molecule has 112 valence electrons. The number of thiazole rings is 1. The minimum absolute atomic E-state index is 0.213. The van der Waals surface area contributed by atoms with E-state index < -0.39 is 0 Å². The van der Waals surface area contributed by atoms with E-state index in [0.29, 0.717) is 0 Å². The van der Waals surface area contributed by atoms with Gasteiger partial charge in [-0.2, -0.15) is 0 Å². The summed E-state index contributed by atoms with van der Waals surface area (Å²) in [5.74, 6) is 0. The Kier molecular flexibility index (Phi) is 4.55. The molecule has 2 aliphatic heterocycles. The van der Waals surface area contributed by atoms with Gasteiger partial charge in [-0.25, -0.2) is 4.98 Å². The molecule has 1 aromatic heterocycles. The van der Waals surface area contributed by atoms with Gasteiger partial charge in [-0.3, -0.25) is 4.90 Å². The zero-order valence-corrected chi connectivity index (χ0v) is 12.9. The third kappa shape index (κ3) is 2.83. The molecule has 2 saturated heterocycles. The first-order valence-corrected chi connectivity index (χ1v) is 8.18. The maximum atomic E-state index is 5.78. The van der Waals surface area contributed by atoms with Crippen molar-refractivity contribution in [3.8, 4) is 0 Å².